The van der Waals surface area contributed by atoms with Crippen LogP contribution in [0.5, 0.6) is 0 Å². The molecule has 1 N–H and O–H groups in total. The molecule has 3 rings (SSSR count). The van der Waals surface area contributed by atoms with Crippen molar-refractivity contribution >= 4 is 5.97 Å². The van der Waals surface area contributed by atoms with E-state index in [2.05, 4.69) is 5.32 Å². The molecule has 0 spiro atoms. The van der Waals surface area contributed by atoms with Crippen LogP contribution in [0.15, 0.2) is 40.7 Å². The minimum atomic E-state index is -0.398. The molecule has 0 fully saturated rings. The number of hydrogen-bond acceptors (Lipinski definition) is 4. The maximum absolute atomic E-state index is 14.3. The zero-order chi connectivity index (χ0) is 16.6. The van der Waals surface area contributed by atoms with E-state index in [0.717, 1.165) is 22.5 Å². The summed E-state index contributed by atoms with van der Waals surface area (Å²) < 4.78 is 24.8. The van der Waals surface area contributed by atoms with Crippen molar-refractivity contribution in [3.63, 3.8) is 0 Å². The number of rotatable bonds is 3. The fraction of sp³-hybridized carbons (Fsp3) is 0.389. The van der Waals surface area contributed by atoms with Gasteiger partial charge in [-0.15, -0.1) is 0 Å². The lowest BCUT2D eigenvalue weighted by Gasteiger charge is -2.30. The zero-order valence-corrected chi connectivity index (χ0v) is 13.5. The molecule has 1 aromatic carbocycles. The summed E-state index contributed by atoms with van der Waals surface area (Å²) in [6.45, 7) is 4.67. The summed E-state index contributed by atoms with van der Waals surface area (Å²) in [6.07, 6.45) is 0.558. The Hall–Kier alpha value is -2.14. The van der Waals surface area contributed by atoms with Gasteiger partial charge in [0.25, 0.3) is 0 Å². The lowest BCUT2D eigenvalue weighted by molar-refractivity contribution is -0.136. The Morgan fingerprint density at radius 2 is 2.22 bits per heavy atom. The van der Waals surface area contributed by atoms with Crippen LogP contribution in [0.1, 0.15) is 30.9 Å². The summed E-state index contributed by atoms with van der Waals surface area (Å²) in [6, 6.07) is 5.03. The zero-order valence-electron chi connectivity index (χ0n) is 13.5. The van der Waals surface area contributed by atoms with Crippen molar-refractivity contribution in [2.75, 3.05) is 20.3 Å². The molecule has 5 heteroatoms. The first kappa shape index (κ1) is 15.7. The molecule has 0 radical (unpaired) electrons. The number of nitrogens with one attached hydrogen (secondary N) is 1. The molecular formula is C18H20FNO3. The molecule has 1 aromatic rings. The van der Waals surface area contributed by atoms with Gasteiger partial charge >= 0.3 is 5.97 Å². The molecule has 0 bridgehead atoms. The van der Waals surface area contributed by atoms with Gasteiger partial charge in [0.15, 0.2) is 0 Å². The number of esters is 1. The number of benzene rings is 1. The van der Waals surface area contributed by atoms with E-state index in [9.17, 15) is 9.18 Å². The third kappa shape index (κ3) is 2.55. The van der Waals surface area contributed by atoms with Crippen molar-refractivity contribution in [1.29, 1.82) is 0 Å². The number of allylic oxidation sites excluding steroid dienone is 1. The smallest absolute Gasteiger partial charge is 0.336 e. The van der Waals surface area contributed by atoms with Gasteiger partial charge in [0, 0.05) is 17.3 Å². The Labute approximate surface area is 135 Å². The molecule has 0 aromatic heterocycles. The van der Waals surface area contributed by atoms with Crippen LogP contribution in [-0.2, 0) is 20.7 Å². The Kier molecular flexibility index (Phi) is 4.22. The van der Waals surface area contributed by atoms with Gasteiger partial charge in [-0.1, -0.05) is 19.1 Å². The summed E-state index contributed by atoms with van der Waals surface area (Å²) >= 11 is 0. The molecule has 4 nitrogen and oxygen atoms in total. The van der Waals surface area contributed by atoms with Gasteiger partial charge in [-0.25, -0.2) is 9.18 Å². The first-order valence-electron chi connectivity index (χ1n) is 7.71. The fourth-order valence-corrected chi connectivity index (χ4v) is 3.44. The van der Waals surface area contributed by atoms with Gasteiger partial charge in [0.2, 0.25) is 0 Å². The largest absolute Gasteiger partial charge is 0.466 e. The third-order valence-electron chi connectivity index (χ3n) is 4.50. The number of methoxy groups -OCH3 is 1. The Balaban J connectivity index is 2.21. The second-order valence-electron chi connectivity index (χ2n) is 5.75. The van der Waals surface area contributed by atoms with E-state index in [4.69, 9.17) is 9.47 Å². The average Bonchev–Trinajstić information content (AvgIpc) is 3.00. The van der Waals surface area contributed by atoms with Crippen LogP contribution in [0.3, 0.4) is 0 Å². The van der Waals surface area contributed by atoms with Gasteiger partial charge < -0.3 is 14.8 Å². The summed E-state index contributed by atoms with van der Waals surface area (Å²) in [7, 11) is 1.36. The summed E-state index contributed by atoms with van der Waals surface area (Å²) in [5, 5.41) is 3.24. The van der Waals surface area contributed by atoms with Crippen molar-refractivity contribution in [2.24, 2.45) is 0 Å². The normalized spacial score (nSPS) is 20.4. The van der Waals surface area contributed by atoms with Crippen LogP contribution >= 0.6 is 0 Å². The molecule has 0 aliphatic carbocycles. The molecule has 2 heterocycles. The fourth-order valence-electron chi connectivity index (χ4n) is 3.44. The maximum atomic E-state index is 14.3. The van der Waals surface area contributed by atoms with Crippen molar-refractivity contribution in [3.05, 3.63) is 57.7 Å². The van der Waals surface area contributed by atoms with Gasteiger partial charge in [0.1, 0.15) is 5.82 Å². The molecule has 2 aliphatic rings. The van der Waals surface area contributed by atoms with E-state index >= 15 is 0 Å². The molecule has 0 saturated heterocycles. The van der Waals surface area contributed by atoms with Crippen molar-refractivity contribution < 1.29 is 18.7 Å². The van der Waals surface area contributed by atoms with E-state index in [1.54, 1.807) is 6.07 Å². The van der Waals surface area contributed by atoms with Gasteiger partial charge in [-0.3, -0.25) is 0 Å². The topological polar surface area (TPSA) is 47.6 Å². The van der Waals surface area contributed by atoms with Crippen LogP contribution in [0.4, 0.5) is 4.39 Å². The Bertz CT molecular complexity index is 721. The highest BCUT2D eigenvalue weighted by molar-refractivity contribution is 5.92. The van der Waals surface area contributed by atoms with Gasteiger partial charge in [0.05, 0.1) is 25.9 Å². The minimum Gasteiger partial charge on any atom is -0.466 e. The first-order chi connectivity index (χ1) is 11.1. The molecule has 0 saturated carbocycles. The summed E-state index contributed by atoms with van der Waals surface area (Å²) in [5.74, 6) is -0.969. The van der Waals surface area contributed by atoms with Gasteiger partial charge in [-0.2, -0.15) is 0 Å². The van der Waals surface area contributed by atoms with Crippen molar-refractivity contribution in [2.45, 2.75) is 26.2 Å². The van der Waals surface area contributed by atoms with Crippen LogP contribution in [0, 0.1) is 5.82 Å². The summed E-state index contributed by atoms with van der Waals surface area (Å²) in [4.78, 5) is 12.4. The number of dihydropyridines is 1. The summed E-state index contributed by atoms with van der Waals surface area (Å²) in [5.41, 5.74) is 4.65. The SMILES string of the molecule is CCc1c(F)cccc1[C@H]1C2=C(COC2)NC(C)=C1C(=O)OC. The molecule has 0 amide bonds. The molecule has 23 heavy (non-hydrogen) atoms. The lowest BCUT2D eigenvalue weighted by Crippen LogP contribution is -2.29. The monoisotopic (exact) mass is 317 g/mol. The van der Waals surface area contributed by atoms with Crippen molar-refractivity contribution in [1.82, 2.24) is 5.32 Å². The number of halogens is 1. The molecule has 2 aliphatic heterocycles. The van der Waals surface area contributed by atoms with E-state index in [1.807, 2.05) is 19.9 Å². The van der Waals surface area contributed by atoms with Crippen LogP contribution in [0.2, 0.25) is 0 Å². The molecular weight excluding hydrogens is 297 g/mol. The average molecular weight is 317 g/mol. The first-order valence-corrected chi connectivity index (χ1v) is 7.71. The third-order valence-corrected chi connectivity index (χ3v) is 4.50. The second kappa shape index (κ2) is 6.16. The predicted molar refractivity (Wildman–Crippen MR) is 84.2 cm³/mol. The molecule has 1 atom stereocenters. The highest BCUT2D eigenvalue weighted by atomic mass is 19.1. The predicted octanol–water partition coefficient (Wildman–Crippen LogP) is 2.81. The quantitative estimate of drug-likeness (QED) is 0.871. The molecule has 122 valence electrons. The van der Waals surface area contributed by atoms with Crippen LogP contribution < -0.4 is 5.32 Å². The van der Waals surface area contributed by atoms with Gasteiger partial charge in [-0.05, 0) is 36.1 Å². The van der Waals surface area contributed by atoms with E-state index in [-0.39, 0.29) is 11.7 Å². The number of carbonyl (C=O) groups is 1. The highest BCUT2D eigenvalue weighted by Gasteiger charge is 2.37. The van der Waals surface area contributed by atoms with Crippen LogP contribution in [0.25, 0.3) is 0 Å². The van der Waals surface area contributed by atoms with E-state index in [1.165, 1.54) is 13.2 Å². The Morgan fingerprint density at radius 3 is 2.91 bits per heavy atom. The number of hydrogen-bond donors (Lipinski definition) is 1. The van der Waals surface area contributed by atoms with Crippen LogP contribution in [-0.4, -0.2) is 26.3 Å². The van der Waals surface area contributed by atoms with E-state index < -0.39 is 5.97 Å². The standard InChI is InChI=1S/C18H20FNO3/c1-4-11-12(6-5-7-14(11)19)17-13-8-23-9-15(13)20-10(2)16(17)18(21)22-3/h5-7,17,20H,4,8-9H2,1-3H3/t17-/m0/s1. The highest BCUT2D eigenvalue weighted by Crippen LogP contribution is 2.42. The molecule has 0 unspecified atom stereocenters. The second-order valence-corrected chi connectivity index (χ2v) is 5.75. The Morgan fingerprint density at radius 1 is 1.43 bits per heavy atom. The maximum Gasteiger partial charge on any atom is 0.336 e. The lowest BCUT2D eigenvalue weighted by atomic mass is 9.79. The number of carbonyl (C=O) groups excluding carboxylic acids is 1. The minimum absolute atomic E-state index is 0.244. The number of ether oxygens (including phenoxy) is 2. The van der Waals surface area contributed by atoms with Crippen molar-refractivity contribution in [3.8, 4) is 0 Å². The van der Waals surface area contributed by atoms with E-state index in [0.29, 0.717) is 30.8 Å².